The quantitative estimate of drug-likeness (QED) is 0.767. The smallest absolute Gasteiger partial charge is 0.173 e. The average Bonchev–Trinajstić information content (AvgIpc) is 2.32. The summed E-state index contributed by atoms with van der Waals surface area (Å²) in [6, 6.07) is 8.27. The number of aryl methyl sites for hydroxylation is 1. The molecule has 1 saturated heterocycles. The number of hydrogen-bond donors (Lipinski definition) is 1. The zero-order valence-corrected chi connectivity index (χ0v) is 11.4. The molecule has 0 aromatic heterocycles. The molecule has 0 spiro atoms. The van der Waals surface area contributed by atoms with Gasteiger partial charge < -0.3 is 10.2 Å². The first-order valence-electron chi connectivity index (χ1n) is 6.28. The van der Waals surface area contributed by atoms with Crippen molar-refractivity contribution in [3.05, 3.63) is 29.8 Å². The second kappa shape index (κ2) is 5.50. The van der Waals surface area contributed by atoms with E-state index in [-0.39, 0.29) is 0 Å². The molecule has 1 heterocycles. The molecule has 2 nitrogen and oxygen atoms in total. The number of piperidine rings is 1. The highest BCUT2D eigenvalue weighted by atomic mass is 32.1. The molecule has 1 aromatic rings. The molecule has 17 heavy (non-hydrogen) atoms. The van der Waals surface area contributed by atoms with Gasteiger partial charge in [0.05, 0.1) is 0 Å². The number of para-hydroxylation sites is 1. The van der Waals surface area contributed by atoms with E-state index in [4.69, 9.17) is 12.2 Å². The molecule has 0 saturated carbocycles. The molecule has 1 N–H and O–H groups in total. The highest BCUT2D eigenvalue weighted by Crippen LogP contribution is 2.18. The fourth-order valence-electron chi connectivity index (χ4n) is 2.28. The molecule has 1 aromatic carbocycles. The lowest BCUT2D eigenvalue weighted by Crippen LogP contribution is -2.41. The van der Waals surface area contributed by atoms with Crippen LogP contribution in [0.5, 0.6) is 0 Å². The Balaban J connectivity index is 1.99. The largest absolute Gasteiger partial charge is 0.349 e. The van der Waals surface area contributed by atoms with E-state index in [1.165, 1.54) is 18.4 Å². The van der Waals surface area contributed by atoms with Crippen LogP contribution < -0.4 is 5.32 Å². The van der Waals surface area contributed by atoms with Crippen LogP contribution in [0.1, 0.15) is 25.3 Å². The molecule has 92 valence electrons. The highest BCUT2D eigenvalue weighted by Gasteiger charge is 2.18. The Labute approximate surface area is 109 Å². The third-order valence-electron chi connectivity index (χ3n) is 3.33. The second-order valence-electron chi connectivity index (χ2n) is 4.94. The molecule has 0 aliphatic carbocycles. The molecule has 0 unspecified atom stereocenters. The topological polar surface area (TPSA) is 15.3 Å². The molecule has 0 radical (unpaired) electrons. The molecule has 1 atom stereocenters. The van der Waals surface area contributed by atoms with Crippen molar-refractivity contribution in [1.82, 2.24) is 4.90 Å². The van der Waals surface area contributed by atoms with Crippen LogP contribution in [0, 0.1) is 12.8 Å². The van der Waals surface area contributed by atoms with Crippen LogP contribution in [0.2, 0.25) is 0 Å². The number of likely N-dealkylation sites (tertiary alicyclic amines) is 1. The predicted molar refractivity (Wildman–Crippen MR) is 77.4 cm³/mol. The molecule has 1 aliphatic rings. The van der Waals surface area contributed by atoms with Crippen LogP contribution >= 0.6 is 12.2 Å². The Hall–Kier alpha value is -1.09. The van der Waals surface area contributed by atoms with Crippen LogP contribution in [0.4, 0.5) is 5.69 Å². The van der Waals surface area contributed by atoms with Crippen LogP contribution in [0.25, 0.3) is 0 Å². The van der Waals surface area contributed by atoms with Crippen LogP contribution in [-0.2, 0) is 0 Å². The van der Waals surface area contributed by atoms with Crippen molar-refractivity contribution in [3.8, 4) is 0 Å². The first-order valence-corrected chi connectivity index (χ1v) is 6.69. The Morgan fingerprint density at radius 1 is 1.41 bits per heavy atom. The van der Waals surface area contributed by atoms with Gasteiger partial charge in [0.15, 0.2) is 5.11 Å². The van der Waals surface area contributed by atoms with E-state index in [9.17, 15) is 0 Å². The minimum atomic E-state index is 0.750. The minimum absolute atomic E-state index is 0.750. The minimum Gasteiger partial charge on any atom is -0.349 e. The first-order chi connectivity index (χ1) is 8.16. The summed E-state index contributed by atoms with van der Waals surface area (Å²) < 4.78 is 0. The number of anilines is 1. The number of thiocarbonyl (C=S) groups is 1. The zero-order valence-electron chi connectivity index (χ0n) is 10.6. The third kappa shape index (κ3) is 3.19. The summed E-state index contributed by atoms with van der Waals surface area (Å²) in [6.45, 7) is 6.56. The number of rotatable bonds is 1. The van der Waals surface area contributed by atoms with Gasteiger partial charge in [-0.15, -0.1) is 0 Å². The molecule has 1 aliphatic heterocycles. The van der Waals surface area contributed by atoms with Gasteiger partial charge in [0, 0.05) is 18.8 Å². The van der Waals surface area contributed by atoms with Gasteiger partial charge in [-0.25, -0.2) is 0 Å². The fourth-order valence-corrected chi connectivity index (χ4v) is 2.56. The number of hydrogen-bond acceptors (Lipinski definition) is 1. The Morgan fingerprint density at radius 3 is 2.88 bits per heavy atom. The zero-order chi connectivity index (χ0) is 12.3. The average molecular weight is 248 g/mol. The van der Waals surface area contributed by atoms with Crippen molar-refractivity contribution in [2.24, 2.45) is 5.92 Å². The van der Waals surface area contributed by atoms with Gasteiger partial charge in [0.2, 0.25) is 0 Å². The lowest BCUT2D eigenvalue weighted by molar-refractivity contribution is 0.276. The van der Waals surface area contributed by atoms with Gasteiger partial charge in [-0.05, 0) is 49.5 Å². The van der Waals surface area contributed by atoms with E-state index >= 15 is 0 Å². The lowest BCUT2D eigenvalue weighted by Gasteiger charge is -2.33. The number of nitrogens with zero attached hydrogens (tertiary/aromatic N) is 1. The van der Waals surface area contributed by atoms with E-state index in [1.807, 2.05) is 12.1 Å². The van der Waals surface area contributed by atoms with E-state index in [1.54, 1.807) is 0 Å². The van der Waals surface area contributed by atoms with Gasteiger partial charge in [-0.3, -0.25) is 0 Å². The van der Waals surface area contributed by atoms with Gasteiger partial charge in [-0.2, -0.15) is 0 Å². The summed E-state index contributed by atoms with van der Waals surface area (Å²) in [5.74, 6) is 0.750. The first kappa shape index (κ1) is 12.4. The number of nitrogens with one attached hydrogen (secondary N) is 1. The van der Waals surface area contributed by atoms with E-state index < -0.39 is 0 Å². The maximum Gasteiger partial charge on any atom is 0.173 e. The van der Waals surface area contributed by atoms with Crippen molar-refractivity contribution < 1.29 is 0 Å². The summed E-state index contributed by atoms with van der Waals surface area (Å²) >= 11 is 5.48. The summed E-state index contributed by atoms with van der Waals surface area (Å²) in [4.78, 5) is 2.29. The molecule has 3 heteroatoms. The van der Waals surface area contributed by atoms with Crippen molar-refractivity contribution in [2.75, 3.05) is 18.4 Å². The SMILES string of the molecule is Cc1ccccc1NC(=S)N1CCC[C@@H](C)C1. The summed E-state index contributed by atoms with van der Waals surface area (Å²) in [5, 5.41) is 4.22. The van der Waals surface area contributed by atoms with Gasteiger partial charge in [-0.1, -0.05) is 25.1 Å². The van der Waals surface area contributed by atoms with Crippen molar-refractivity contribution in [3.63, 3.8) is 0 Å². The summed E-state index contributed by atoms with van der Waals surface area (Å²) in [7, 11) is 0. The highest BCUT2D eigenvalue weighted by molar-refractivity contribution is 7.80. The van der Waals surface area contributed by atoms with Crippen molar-refractivity contribution in [1.29, 1.82) is 0 Å². The Kier molecular flexibility index (Phi) is 4.00. The van der Waals surface area contributed by atoms with Crippen molar-refractivity contribution in [2.45, 2.75) is 26.7 Å². The predicted octanol–water partition coefficient (Wildman–Crippen LogP) is 3.42. The maximum absolute atomic E-state index is 5.48. The number of benzene rings is 1. The van der Waals surface area contributed by atoms with E-state index in [0.717, 1.165) is 29.8 Å². The Bertz CT molecular complexity index is 403. The monoisotopic (exact) mass is 248 g/mol. The second-order valence-corrected chi connectivity index (χ2v) is 5.33. The molecule has 0 amide bonds. The van der Waals surface area contributed by atoms with E-state index in [2.05, 4.69) is 36.2 Å². The van der Waals surface area contributed by atoms with Gasteiger partial charge in [0.25, 0.3) is 0 Å². The lowest BCUT2D eigenvalue weighted by atomic mass is 10.0. The summed E-state index contributed by atoms with van der Waals surface area (Å²) in [6.07, 6.45) is 2.57. The van der Waals surface area contributed by atoms with Crippen LogP contribution in [-0.4, -0.2) is 23.1 Å². The van der Waals surface area contributed by atoms with E-state index in [0.29, 0.717) is 0 Å². The van der Waals surface area contributed by atoms with Gasteiger partial charge >= 0.3 is 0 Å². The third-order valence-corrected chi connectivity index (χ3v) is 3.69. The van der Waals surface area contributed by atoms with Crippen molar-refractivity contribution >= 4 is 23.0 Å². The molecule has 1 fully saturated rings. The molecular formula is C14H20N2S. The van der Waals surface area contributed by atoms with Gasteiger partial charge in [0.1, 0.15) is 0 Å². The standard InChI is InChI=1S/C14H20N2S/c1-11-6-5-9-16(10-11)14(17)15-13-8-4-3-7-12(13)2/h3-4,7-8,11H,5-6,9-10H2,1-2H3,(H,15,17)/t11-/m1/s1. The molecule has 0 bridgehead atoms. The van der Waals surface area contributed by atoms with Crippen LogP contribution in [0.3, 0.4) is 0 Å². The molecular weight excluding hydrogens is 228 g/mol. The molecule has 2 rings (SSSR count). The summed E-state index contributed by atoms with van der Waals surface area (Å²) in [5.41, 5.74) is 2.36. The fraction of sp³-hybridized carbons (Fsp3) is 0.500. The Morgan fingerprint density at radius 2 is 2.18 bits per heavy atom. The normalized spacial score (nSPS) is 20.1. The van der Waals surface area contributed by atoms with Crippen LogP contribution in [0.15, 0.2) is 24.3 Å². The maximum atomic E-state index is 5.48.